The predicted octanol–water partition coefficient (Wildman–Crippen LogP) is 2.18. The van der Waals surface area contributed by atoms with Gasteiger partial charge in [0.2, 0.25) is 0 Å². The van der Waals surface area contributed by atoms with Gasteiger partial charge < -0.3 is 10.1 Å². The summed E-state index contributed by atoms with van der Waals surface area (Å²) >= 11 is 1.74. The average Bonchev–Trinajstić information content (AvgIpc) is 2.71. The highest BCUT2D eigenvalue weighted by molar-refractivity contribution is 7.10. The van der Waals surface area contributed by atoms with Gasteiger partial charge in [-0.1, -0.05) is 19.9 Å². The fraction of sp³-hybridized carbons (Fsp3) is 0.583. The molecule has 0 aliphatic heterocycles. The third-order valence-electron chi connectivity index (χ3n) is 2.33. The van der Waals surface area contributed by atoms with Gasteiger partial charge in [-0.25, -0.2) is 0 Å². The number of hydrogen-bond acceptors (Lipinski definition) is 4. The molecule has 0 amide bonds. The lowest BCUT2D eigenvalue weighted by Crippen LogP contribution is -2.35. The average molecular weight is 241 g/mol. The van der Waals surface area contributed by atoms with Gasteiger partial charge in [-0.15, -0.1) is 11.3 Å². The Kier molecular flexibility index (Phi) is 4.96. The molecule has 0 aliphatic rings. The Hall–Kier alpha value is -0.870. The van der Waals surface area contributed by atoms with Crippen molar-refractivity contribution in [3.63, 3.8) is 0 Å². The summed E-state index contributed by atoms with van der Waals surface area (Å²) in [7, 11) is 0. The van der Waals surface area contributed by atoms with Crippen LogP contribution in [0.4, 0.5) is 0 Å². The topological polar surface area (TPSA) is 38.3 Å². The monoisotopic (exact) mass is 241 g/mol. The molecule has 1 rings (SSSR count). The van der Waals surface area contributed by atoms with Crippen LogP contribution in [0.1, 0.15) is 25.6 Å². The molecule has 0 bridgehead atoms. The second-order valence-corrected chi connectivity index (χ2v) is 5.22. The molecule has 0 aromatic carbocycles. The Morgan fingerprint density at radius 3 is 2.88 bits per heavy atom. The highest BCUT2D eigenvalue weighted by Gasteiger charge is 2.21. The van der Waals surface area contributed by atoms with Gasteiger partial charge >= 0.3 is 5.97 Å². The molecule has 0 unspecified atom stereocenters. The second-order valence-electron chi connectivity index (χ2n) is 4.27. The first-order valence-electron chi connectivity index (χ1n) is 5.46. The van der Waals surface area contributed by atoms with E-state index in [2.05, 4.69) is 30.6 Å². The van der Waals surface area contributed by atoms with E-state index in [1.54, 1.807) is 11.3 Å². The van der Waals surface area contributed by atoms with Crippen LogP contribution in [0.5, 0.6) is 0 Å². The molecule has 1 N–H and O–H groups in total. The Bertz CT molecular complexity index is 320. The number of hydrogen-bond donors (Lipinski definition) is 1. The third kappa shape index (κ3) is 3.94. The molecule has 16 heavy (non-hydrogen) atoms. The maximum Gasteiger partial charge on any atom is 0.319 e. The molecule has 0 aliphatic carbocycles. The van der Waals surface area contributed by atoms with E-state index >= 15 is 0 Å². The first kappa shape index (κ1) is 13.2. The van der Waals surface area contributed by atoms with Crippen LogP contribution in [-0.2, 0) is 14.9 Å². The van der Waals surface area contributed by atoms with E-state index in [1.165, 1.54) is 4.88 Å². The summed E-state index contributed by atoms with van der Waals surface area (Å²) in [5, 5.41) is 5.20. The molecule has 0 saturated carbocycles. The van der Waals surface area contributed by atoms with E-state index in [9.17, 15) is 4.79 Å². The summed E-state index contributed by atoms with van der Waals surface area (Å²) in [5.41, 5.74) is 0.0562. The minimum absolute atomic E-state index is 0.0562. The first-order chi connectivity index (χ1) is 7.56. The second kappa shape index (κ2) is 6.01. The molecule has 1 aromatic heterocycles. The van der Waals surface area contributed by atoms with Gasteiger partial charge in [0.15, 0.2) is 0 Å². The van der Waals surface area contributed by atoms with Crippen molar-refractivity contribution in [1.29, 1.82) is 0 Å². The number of nitrogens with one attached hydrogen (secondary N) is 1. The highest BCUT2D eigenvalue weighted by Crippen LogP contribution is 2.26. The number of esters is 1. The number of rotatable bonds is 6. The van der Waals surface area contributed by atoms with Crippen LogP contribution in [0.2, 0.25) is 0 Å². The molecule has 1 aromatic rings. The van der Waals surface area contributed by atoms with Gasteiger partial charge in [0.05, 0.1) is 13.2 Å². The van der Waals surface area contributed by atoms with E-state index in [0.29, 0.717) is 6.61 Å². The van der Waals surface area contributed by atoms with Gasteiger partial charge in [-0.05, 0) is 18.4 Å². The minimum atomic E-state index is -0.190. The zero-order valence-corrected chi connectivity index (χ0v) is 10.9. The van der Waals surface area contributed by atoms with Gasteiger partial charge in [0.1, 0.15) is 0 Å². The normalized spacial score (nSPS) is 11.4. The van der Waals surface area contributed by atoms with Gasteiger partial charge in [-0.3, -0.25) is 4.79 Å². The van der Waals surface area contributed by atoms with Gasteiger partial charge in [0.25, 0.3) is 0 Å². The summed E-state index contributed by atoms with van der Waals surface area (Å²) in [6.07, 6.45) is 0. The van der Waals surface area contributed by atoms with Crippen molar-refractivity contribution < 1.29 is 9.53 Å². The van der Waals surface area contributed by atoms with Crippen LogP contribution in [0.3, 0.4) is 0 Å². The maximum atomic E-state index is 11.1. The first-order valence-corrected chi connectivity index (χ1v) is 6.34. The minimum Gasteiger partial charge on any atom is -0.465 e. The number of ether oxygens (including phenoxy) is 1. The standard InChI is InChI=1S/C12H19NO2S/c1-4-15-11(14)8-13-9-12(2,3)10-6-5-7-16-10/h5-7,13H,4,8-9H2,1-3H3. The molecule has 0 spiro atoms. The zero-order valence-electron chi connectivity index (χ0n) is 10.1. The van der Waals surface area contributed by atoms with E-state index in [4.69, 9.17) is 4.74 Å². The Morgan fingerprint density at radius 1 is 1.56 bits per heavy atom. The van der Waals surface area contributed by atoms with Crippen molar-refractivity contribution in [1.82, 2.24) is 5.32 Å². The van der Waals surface area contributed by atoms with E-state index < -0.39 is 0 Å². The van der Waals surface area contributed by atoms with Crippen molar-refractivity contribution in [3.8, 4) is 0 Å². The molecule has 3 nitrogen and oxygen atoms in total. The lowest BCUT2D eigenvalue weighted by Gasteiger charge is -2.23. The van der Waals surface area contributed by atoms with Crippen LogP contribution < -0.4 is 5.32 Å². The van der Waals surface area contributed by atoms with Gasteiger partial charge in [-0.2, -0.15) is 0 Å². The Morgan fingerprint density at radius 2 is 2.31 bits per heavy atom. The SMILES string of the molecule is CCOC(=O)CNCC(C)(C)c1cccs1. The molecule has 0 radical (unpaired) electrons. The molecule has 1 heterocycles. The maximum absolute atomic E-state index is 11.1. The third-order valence-corrected chi connectivity index (χ3v) is 3.57. The van der Waals surface area contributed by atoms with Crippen LogP contribution in [0, 0.1) is 0 Å². The molecular formula is C12H19NO2S. The summed E-state index contributed by atoms with van der Waals surface area (Å²) in [5.74, 6) is -0.190. The van der Waals surface area contributed by atoms with Crippen LogP contribution >= 0.6 is 11.3 Å². The van der Waals surface area contributed by atoms with E-state index in [-0.39, 0.29) is 17.9 Å². The molecular weight excluding hydrogens is 222 g/mol. The number of thiophene rings is 1. The lowest BCUT2D eigenvalue weighted by atomic mass is 9.91. The summed E-state index contributed by atoms with van der Waals surface area (Å²) < 4.78 is 4.85. The summed E-state index contributed by atoms with van der Waals surface area (Å²) in [6, 6.07) is 4.17. The quantitative estimate of drug-likeness (QED) is 0.776. The van der Waals surface area contributed by atoms with E-state index in [0.717, 1.165) is 6.54 Å². The smallest absolute Gasteiger partial charge is 0.319 e. The molecule has 0 atom stereocenters. The van der Waals surface area contributed by atoms with Crippen molar-refractivity contribution in [2.75, 3.05) is 19.7 Å². The molecule has 0 saturated heterocycles. The molecule has 0 fully saturated rings. The van der Waals surface area contributed by atoms with Crippen molar-refractivity contribution in [2.24, 2.45) is 0 Å². The number of carbonyl (C=O) groups is 1. The summed E-state index contributed by atoms with van der Waals surface area (Å²) in [4.78, 5) is 12.5. The van der Waals surface area contributed by atoms with E-state index in [1.807, 2.05) is 13.0 Å². The van der Waals surface area contributed by atoms with Crippen LogP contribution in [0.25, 0.3) is 0 Å². The van der Waals surface area contributed by atoms with Crippen molar-refractivity contribution in [3.05, 3.63) is 22.4 Å². The lowest BCUT2D eigenvalue weighted by molar-refractivity contribution is -0.142. The zero-order chi connectivity index (χ0) is 12.0. The highest BCUT2D eigenvalue weighted by atomic mass is 32.1. The predicted molar refractivity (Wildman–Crippen MR) is 66.8 cm³/mol. The van der Waals surface area contributed by atoms with Crippen LogP contribution in [-0.4, -0.2) is 25.7 Å². The Balaban J connectivity index is 2.34. The molecule has 4 heteroatoms. The summed E-state index contributed by atoms with van der Waals surface area (Å²) in [6.45, 7) is 7.63. The van der Waals surface area contributed by atoms with Crippen molar-refractivity contribution >= 4 is 17.3 Å². The van der Waals surface area contributed by atoms with Gasteiger partial charge in [0, 0.05) is 16.8 Å². The molecule has 90 valence electrons. The largest absolute Gasteiger partial charge is 0.465 e. The van der Waals surface area contributed by atoms with Crippen LogP contribution in [0.15, 0.2) is 17.5 Å². The number of carbonyl (C=O) groups excluding carboxylic acids is 1. The van der Waals surface area contributed by atoms with Crippen molar-refractivity contribution in [2.45, 2.75) is 26.2 Å². The fourth-order valence-electron chi connectivity index (χ4n) is 1.44. The fourth-order valence-corrected chi connectivity index (χ4v) is 2.29. The Labute approximate surface area is 101 Å².